The Morgan fingerprint density at radius 1 is 1.30 bits per heavy atom. The fourth-order valence-corrected chi connectivity index (χ4v) is 2.75. The Morgan fingerprint density at radius 2 is 2.15 bits per heavy atom. The van der Waals surface area contributed by atoms with Gasteiger partial charge in [0.1, 0.15) is 11.8 Å². The van der Waals surface area contributed by atoms with E-state index in [1.807, 2.05) is 25.1 Å². The third-order valence-electron chi connectivity index (χ3n) is 3.76. The van der Waals surface area contributed by atoms with Gasteiger partial charge < -0.3 is 10.6 Å². The predicted octanol–water partition coefficient (Wildman–Crippen LogP) is 0.886. The van der Waals surface area contributed by atoms with Crippen LogP contribution >= 0.6 is 0 Å². The highest BCUT2D eigenvalue weighted by Crippen LogP contribution is 2.22. The molecule has 5 heteroatoms. The highest BCUT2D eigenvalue weighted by Gasteiger charge is 2.36. The molecular weight excluding hydrogens is 254 g/mol. The minimum Gasteiger partial charge on any atom is -0.312 e. The molecule has 5 nitrogen and oxygen atoms in total. The maximum absolute atomic E-state index is 12.2. The van der Waals surface area contributed by atoms with E-state index in [0.29, 0.717) is 11.4 Å². The number of benzene rings is 1. The molecule has 2 atom stereocenters. The van der Waals surface area contributed by atoms with Crippen LogP contribution in [0.4, 0.5) is 0 Å². The Bertz CT molecular complexity index is 589. The number of aliphatic imine (C=N–C) groups is 1. The van der Waals surface area contributed by atoms with E-state index in [9.17, 15) is 9.59 Å². The largest absolute Gasteiger partial charge is 0.312 e. The van der Waals surface area contributed by atoms with Crippen LogP contribution in [0.1, 0.15) is 29.9 Å². The van der Waals surface area contributed by atoms with Gasteiger partial charge in [0.25, 0.3) is 5.91 Å². The lowest BCUT2D eigenvalue weighted by atomic mass is 9.94. The van der Waals surface area contributed by atoms with Gasteiger partial charge in [-0.05, 0) is 31.9 Å². The molecule has 0 aromatic heterocycles. The second-order valence-electron chi connectivity index (χ2n) is 5.32. The highest BCUT2D eigenvalue weighted by atomic mass is 16.2. The van der Waals surface area contributed by atoms with Crippen molar-refractivity contribution in [1.82, 2.24) is 10.6 Å². The van der Waals surface area contributed by atoms with Crippen LogP contribution in [0.2, 0.25) is 0 Å². The van der Waals surface area contributed by atoms with E-state index >= 15 is 0 Å². The first-order chi connectivity index (χ1) is 9.65. The number of amides is 2. The molecule has 3 rings (SSSR count). The molecule has 2 N–H and O–H groups in total. The molecule has 1 aromatic rings. The maximum atomic E-state index is 12.2. The molecule has 0 spiro atoms. The van der Waals surface area contributed by atoms with E-state index in [1.54, 1.807) is 6.07 Å². The van der Waals surface area contributed by atoms with Crippen LogP contribution in [0.15, 0.2) is 29.3 Å². The molecule has 0 bridgehead atoms. The average Bonchev–Trinajstić information content (AvgIpc) is 2.91. The first-order valence-electron chi connectivity index (χ1n) is 6.88. The van der Waals surface area contributed by atoms with Crippen molar-refractivity contribution in [3.8, 4) is 0 Å². The number of hydrogen-bond acceptors (Lipinski definition) is 3. The molecule has 2 heterocycles. The number of nitrogens with zero attached hydrogens (tertiary/aromatic N) is 1. The molecule has 0 radical (unpaired) electrons. The van der Waals surface area contributed by atoms with Crippen molar-refractivity contribution in [3.63, 3.8) is 0 Å². The standard InChI is InChI=1S/C15H17N3O2/c1-9-4-2-5-10(8-9)12-14(19)17-13(18-15(12)20)11-6-3-7-16-11/h2,4-5,8,11-12,16H,3,6-7H2,1H3,(H,17,18,19,20). The van der Waals surface area contributed by atoms with Gasteiger partial charge in [-0.3, -0.25) is 9.59 Å². The summed E-state index contributed by atoms with van der Waals surface area (Å²) >= 11 is 0. The van der Waals surface area contributed by atoms with Crippen molar-refractivity contribution >= 4 is 17.6 Å². The number of aryl methyl sites for hydroxylation is 1. The van der Waals surface area contributed by atoms with Crippen molar-refractivity contribution in [2.24, 2.45) is 4.99 Å². The van der Waals surface area contributed by atoms with E-state index < -0.39 is 5.92 Å². The van der Waals surface area contributed by atoms with Crippen molar-refractivity contribution in [2.45, 2.75) is 31.7 Å². The Labute approximate surface area is 117 Å². The summed E-state index contributed by atoms with van der Waals surface area (Å²) in [6.45, 7) is 2.83. The van der Waals surface area contributed by atoms with Gasteiger partial charge in [0.15, 0.2) is 0 Å². The quantitative estimate of drug-likeness (QED) is 0.785. The first-order valence-corrected chi connectivity index (χ1v) is 6.88. The molecule has 2 amide bonds. The maximum Gasteiger partial charge on any atom is 0.264 e. The van der Waals surface area contributed by atoms with Crippen LogP contribution in [-0.4, -0.2) is 30.2 Å². The third kappa shape index (κ3) is 2.36. The summed E-state index contributed by atoms with van der Waals surface area (Å²) in [5.74, 6) is -0.996. The highest BCUT2D eigenvalue weighted by molar-refractivity contribution is 6.20. The topological polar surface area (TPSA) is 70.6 Å². The number of carbonyl (C=O) groups is 2. The van der Waals surface area contributed by atoms with Gasteiger partial charge in [-0.25, -0.2) is 0 Å². The van der Waals surface area contributed by atoms with E-state index in [-0.39, 0.29) is 17.9 Å². The Kier molecular flexibility index (Phi) is 3.36. The summed E-state index contributed by atoms with van der Waals surface area (Å²) in [4.78, 5) is 28.5. The molecule has 104 valence electrons. The molecule has 2 unspecified atom stereocenters. The molecule has 0 aliphatic carbocycles. The van der Waals surface area contributed by atoms with E-state index in [1.165, 1.54) is 0 Å². The van der Waals surface area contributed by atoms with Crippen LogP contribution in [0.5, 0.6) is 0 Å². The van der Waals surface area contributed by atoms with Gasteiger partial charge in [-0.1, -0.05) is 29.8 Å². The molecule has 2 aliphatic rings. The minimum atomic E-state index is -0.819. The summed E-state index contributed by atoms with van der Waals surface area (Å²) < 4.78 is 0. The number of nitrogens with one attached hydrogen (secondary N) is 2. The van der Waals surface area contributed by atoms with Crippen LogP contribution in [-0.2, 0) is 9.59 Å². The minimum absolute atomic E-state index is 0.00126. The van der Waals surface area contributed by atoms with E-state index in [0.717, 1.165) is 24.9 Å². The zero-order valence-corrected chi connectivity index (χ0v) is 11.3. The molecule has 2 aliphatic heterocycles. The molecule has 1 fully saturated rings. The van der Waals surface area contributed by atoms with Crippen LogP contribution < -0.4 is 10.6 Å². The van der Waals surface area contributed by atoms with Crippen molar-refractivity contribution in [1.29, 1.82) is 0 Å². The lowest BCUT2D eigenvalue weighted by Crippen LogP contribution is -2.50. The molecule has 1 aromatic carbocycles. The Balaban J connectivity index is 1.88. The number of rotatable bonds is 2. The van der Waals surface area contributed by atoms with Crippen molar-refractivity contribution in [3.05, 3.63) is 35.4 Å². The van der Waals surface area contributed by atoms with E-state index in [2.05, 4.69) is 15.6 Å². The van der Waals surface area contributed by atoms with Gasteiger partial charge in [0.05, 0.1) is 6.04 Å². The van der Waals surface area contributed by atoms with Crippen molar-refractivity contribution in [2.75, 3.05) is 6.54 Å². The second kappa shape index (κ2) is 5.17. The van der Waals surface area contributed by atoms with E-state index in [4.69, 9.17) is 0 Å². The number of amidine groups is 1. The predicted molar refractivity (Wildman–Crippen MR) is 75.5 cm³/mol. The second-order valence-corrected chi connectivity index (χ2v) is 5.32. The number of hydrogen-bond donors (Lipinski definition) is 2. The summed E-state index contributed by atoms with van der Waals surface area (Å²) in [5, 5.41) is 6.02. The van der Waals surface area contributed by atoms with Gasteiger partial charge in [0.2, 0.25) is 5.91 Å². The van der Waals surface area contributed by atoms with Crippen LogP contribution in [0, 0.1) is 6.92 Å². The van der Waals surface area contributed by atoms with Gasteiger partial charge >= 0.3 is 0 Å². The van der Waals surface area contributed by atoms with Crippen molar-refractivity contribution < 1.29 is 9.59 Å². The Morgan fingerprint density at radius 3 is 2.80 bits per heavy atom. The zero-order valence-electron chi connectivity index (χ0n) is 11.3. The summed E-state index contributed by atoms with van der Waals surface area (Å²) in [7, 11) is 0. The lowest BCUT2D eigenvalue weighted by Gasteiger charge is -2.23. The molecular formula is C15H17N3O2. The van der Waals surface area contributed by atoms with Crippen LogP contribution in [0.25, 0.3) is 0 Å². The van der Waals surface area contributed by atoms with Gasteiger partial charge in [-0.2, -0.15) is 4.99 Å². The van der Waals surface area contributed by atoms with Gasteiger partial charge in [0, 0.05) is 0 Å². The first kappa shape index (κ1) is 13.0. The summed E-state index contributed by atoms with van der Waals surface area (Å²) in [6.07, 6.45) is 1.94. The third-order valence-corrected chi connectivity index (χ3v) is 3.76. The monoisotopic (exact) mass is 271 g/mol. The molecule has 20 heavy (non-hydrogen) atoms. The smallest absolute Gasteiger partial charge is 0.264 e. The fourth-order valence-electron chi connectivity index (χ4n) is 2.75. The summed E-state index contributed by atoms with van der Waals surface area (Å²) in [6, 6.07) is 7.44. The SMILES string of the molecule is Cc1cccc(C2C(=O)N=C(C3CCCN3)NC2=O)c1. The normalized spacial score (nSPS) is 26.4. The van der Waals surface area contributed by atoms with Gasteiger partial charge in [-0.15, -0.1) is 0 Å². The fraction of sp³-hybridized carbons (Fsp3) is 0.400. The molecule has 0 saturated carbocycles. The summed E-state index contributed by atoms with van der Waals surface area (Å²) in [5.41, 5.74) is 1.73. The number of carbonyl (C=O) groups excluding carboxylic acids is 2. The van der Waals surface area contributed by atoms with Crippen LogP contribution in [0.3, 0.4) is 0 Å². The average molecular weight is 271 g/mol. The molecule has 1 saturated heterocycles. The Hall–Kier alpha value is -2.01. The lowest BCUT2D eigenvalue weighted by molar-refractivity contribution is -0.129. The zero-order chi connectivity index (χ0) is 14.1.